The molecule has 0 aliphatic rings. The molecule has 0 spiro atoms. The van der Waals surface area contributed by atoms with E-state index in [4.69, 9.17) is 33.7 Å². The predicted molar refractivity (Wildman–Crippen MR) is 151 cm³/mol. The Hall–Kier alpha value is -4.32. The second kappa shape index (κ2) is 11.8. The van der Waals surface area contributed by atoms with Crippen LogP contribution in [0.2, 0.25) is 10.0 Å². The van der Waals surface area contributed by atoms with Gasteiger partial charge in [0, 0.05) is 21.4 Å². The third-order valence-corrected chi connectivity index (χ3v) is 6.36. The molecule has 0 radical (unpaired) electrons. The number of hydrogen-bond acceptors (Lipinski definition) is 8. The number of aryl methyl sites for hydroxylation is 1. The fraction of sp³-hybridized carbons (Fsp3) is 0.143. The minimum Gasteiger partial charge on any atom is -0.462 e. The number of anilines is 5. The van der Waals surface area contributed by atoms with Gasteiger partial charge in [0.2, 0.25) is 0 Å². The van der Waals surface area contributed by atoms with Crippen molar-refractivity contribution >= 4 is 57.9 Å². The highest BCUT2D eigenvalue weighted by molar-refractivity contribution is 6.32. The van der Waals surface area contributed by atoms with Gasteiger partial charge in [-0.3, -0.25) is 0 Å². The second-order valence-electron chi connectivity index (χ2n) is 8.33. The van der Waals surface area contributed by atoms with Crippen molar-refractivity contribution in [3.63, 3.8) is 0 Å². The first-order valence-corrected chi connectivity index (χ1v) is 12.4. The van der Waals surface area contributed by atoms with Crippen molar-refractivity contribution < 1.29 is 9.53 Å². The zero-order chi connectivity index (χ0) is 27.2. The van der Waals surface area contributed by atoms with Gasteiger partial charge in [-0.25, -0.2) is 14.8 Å². The van der Waals surface area contributed by atoms with Crippen LogP contribution in [0.15, 0.2) is 67.0 Å². The topological polar surface area (TPSA) is 126 Å². The summed E-state index contributed by atoms with van der Waals surface area (Å²) in [6.07, 6.45) is 1.38. The highest BCUT2D eigenvalue weighted by Crippen LogP contribution is 2.36. The quantitative estimate of drug-likeness (QED) is 0.202. The van der Waals surface area contributed by atoms with Crippen LogP contribution in [0.1, 0.15) is 39.9 Å². The Morgan fingerprint density at radius 2 is 1.71 bits per heavy atom. The van der Waals surface area contributed by atoms with Crippen LogP contribution < -0.4 is 16.4 Å². The van der Waals surface area contributed by atoms with Gasteiger partial charge >= 0.3 is 5.97 Å². The van der Waals surface area contributed by atoms with Crippen LogP contribution in [-0.2, 0) is 4.74 Å². The number of benzene rings is 3. The number of carbonyl (C=O) groups is 1. The molecule has 38 heavy (non-hydrogen) atoms. The molecule has 10 heteroatoms. The number of nitrogens with one attached hydrogen (secondary N) is 2. The number of aromatic nitrogens is 2. The number of nitriles is 1. The van der Waals surface area contributed by atoms with Gasteiger partial charge in [0.1, 0.15) is 12.0 Å². The lowest BCUT2D eigenvalue weighted by Gasteiger charge is -2.17. The van der Waals surface area contributed by atoms with Gasteiger partial charge in [0.05, 0.1) is 24.2 Å². The lowest BCUT2D eigenvalue weighted by atomic mass is 9.91. The average Bonchev–Trinajstić information content (AvgIpc) is 2.91. The van der Waals surface area contributed by atoms with Crippen molar-refractivity contribution in [2.45, 2.75) is 19.8 Å². The van der Waals surface area contributed by atoms with Crippen LogP contribution >= 0.6 is 23.2 Å². The third kappa shape index (κ3) is 5.97. The number of ether oxygens (including phenoxy) is 1. The summed E-state index contributed by atoms with van der Waals surface area (Å²) in [5.41, 5.74) is 10.8. The smallest absolute Gasteiger partial charge is 0.338 e. The van der Waals surface area contributed by atoms with Crippen LogP contribution in [0, 0.1) is 18.3 Å². The Bertz CT molecular complexity index is 1500. The van der Waals surface area contributed by atoms with Crippen LogP contribution in [0.4, 0.5) is 28.7 Å². The zero-order valence-electron chi connectivity index (χ0n) is 20.6. The Labute approximate surface area is 230 Å². The van der Waals surface area contributed by atoms with Crippen LogP contribution in [-0.4, -0.2) is 22.5 Å². The Balaban J connectivity index is 1.55. The highest BCUT2D eigenvalue weighted by atomic mass is 35.5. The molecule has 4 N–H and O–H groups in total. The number of nitrogens with zero attached hydrogens (tertiary/aromatic N) is 3. The van der Waals surface area contributed by atoms with Crippen LogP contribution in [0.3, 0.4) is 0 Å². The van der Waals surface area contributed by atoms with E-state index in [1.165, 1.54) is 6.33 Å². The summed E-state index contributed by atoms with van der Waals surface area (Å²) in [5.74, 6) is -0.171. The van der Waals surface area contributed by atoms with Gasteiger partial charge in [-0.2, -0.15) is 5.26 Å². The molecular weight excluding hydrogens is 523 g/mol. The molecule has 1 unspecified atom stereocenters. The minimum atomic E-state index is -0.553. The van der Waals surface area contributed by atoms with E-state index in [0.29, 0.717) is 50.8 Å². The molecule has 0 amide bonds. The number of carbonyl (C=O) groups excluding carboxylic acids is 1. The average molecular weight is 547 g/mol. The predicted octanol–water partition coefficient (Wildman–Crippen LogP) is 6.99. The van der Waals surface area contributed by atoms with Crippen LogP contribution in [0.5, 0.6) is 0 Å². The van der Waals surface area contributed by atoms with Gasteiger partial charge in [0.15, 0.2) is 11.6 Å². The first-order chi connectivity index (χ1) is 18.3. The van der Waals surface area contributed by atoms with Crippen molar-refractivity contribution in [1.29, 1.82) is 5.26 Å². The molecule has 4 rings (SSSR count). The fourth-order valence-corrected chi connectivity index (χ4v) is 4.20. The monoisotopic (exact) mass is 546 g/mol. The Morgan fingerprint density at radius 1 is 1.05 bits per heavy atom. The number of halogens is 2. The van der Waals surface area contributed by atoms with E-state index in [1.807, 2.05) is 25.1 Å². The van der Waals surface area contributed by atoms with Gasteiger partial charge in [0.25, 0.3) is 0 Å². The highest BCUT2D eigenvalue weighted by Gasteiger charge is 2.19. The summed E-state index contributed by atoms with van der Waals surface area (Å²) in [5, 5.41) is 17.2. The van der Waals surface area contributed by atoms with Crippen molar-refractivity contribution in [3.05, 3.63) is 99.3 Å². The van der Waals surface area contributed by atoms with E-state index in [9.17, 15) is 10.1 Å². The fourth-order valence-electron chi connectivity index (χ4n) is 3.80. The van der Waals surface area contributed by atoms with Crippen molar-refractivity contribution in [1.82, 2.24) is 9.97 Å². The molecule has 0 aliphatic heterocycles. The van der Waals surface area contributed by atoms with E-state index in [1.54, 1.807) is 49.4 Å². The Kier molecular flexibility index (Phi) is 8.31. The van der Waals surface area contributed by atoms with Crippen molar-refractivity contribution in [2.24, 2.45) is 0 Å². The maximum Gasteiger partial charge on any atom is 0.338 e. The largest absolute Gasteiger partial charge is 0.462 e. The van der Waals surface area contributed by atoms with E-state index < -0.39 is 5.92 Å². The molecule has 0 aliphatic carbocycles. The van der Waals surface area contributed by atoms with E-state index in [-0.39, 0.29) is 11.7 Å². The van der Waals surface area contributed by atoms with Crippen LogP contribution in [0.25, 0.3) is 0 Å². The normalized spacial score (nSPS) is 11.3. The third-order valence-electron chi connectivity index (χ3n) is 5.78. The van der Waals surface area contributed by atoms with E-state index in [2.05, 4.69) is 26.7 Å². The molecule has 1 atom stereocenters. The molecule has 4 aromatic rings. The number of esters is 1. The van der Waals surface area contributed by atoms with Crippen molar-refractivity contribution in [3.8, 4) is 6.07 Å². The lowest BCUT2D eigenvalue weighted by molar-refractivity contribution is 0.0526. The summed E-state index contributed by atoms with van der Waals surface area (Å²) in [7, 11) is 0. The molecule has 8 nitrogen and oxygen atoms in total. The van der Waals surface area contributed by atoms with Gasteiger partial charge in [-0.05, 0) is 73.0 Å². The molecule has 192 valence electrons. The summed E-state index contributed by atoms with van der Waals surface area (Å²) in [4.78, 5) is 20.4. The summed E-state index contributed by atoms with van der Waals surface area (Å²) in [6, 6.07) is 19.8. The molecule has 3 aromatic carbocycles. The maximum absolute atomic E-state index is 11.9. The number of nitrogens with two attached hydrogens (primary N) is 1. The summed E-state index contributed by atoms with van der Waals surface area (Å²) < 4.78 is 5.01. The summed E-state index contributed by atoms with van der Waals surface area (Å²) >= 11 is 12.6. The lowest BCUT2D eigenvalue weighted by Crippen LogP contribution is -2.07. The molecule has 1 aromatic heterocycles. The molecule has 1 heterocycles. The maximum atomic E-state index is 11.9. The molecule has 0 saturated heterocycles. The molecular formula is C28H24Cl2N6O2. The standard InChI is InChI=1S/C28H24Cl2N6O2/c1-3-38-28(37)18-6-10-20(11-7-18)35-26-25(32)27(34-15-33-26)36-24-13-23(30)21(12-16(24)2)22(14-31)17-4-8-19(29)9-5-17/h4-13,15,22H,3,32H2,1-2H3,(H2,33,34,35,36). The van der Waals surface area contributed by atoms with Crippen molar-refractivity contribution in [2.75, 3.05) is 23.0 Å². The number of nitrogen functional groups attached to an aromatic ring is 1. The van der Waals surface area contributed by atoms with Gasteiger partial charge < -0.3 is 21.1 Å². The zero-order valence-corrected chi connectivity index (χ0v) is 22.1. The summed E-state index contributed by atoms with van der Waals surface area (Å²) in [6.45, 7) is 3.96. The SMILES string of the molecule is CCOC(=O)c1ccc(Nc2ncnc(Nc3cc(Cl)c(C(C#N)c4ccc(Cl)cc4)cc3C)c2N)cc1. The van der Waals surface area contributed by atoms with Gasteiger partial charge in [-0.15, -0.1) is 0 Å². The number of rotatable bonds is 8. The number of hydrogen-bond donors (Lipinski definition) is 3. The second-order valence-corrected chi connectivity index (χ2v) is 9.18. The van der Waals surface area contributed by atoms with Gasteiger partial charge in [-0.1, -0.05) is 41.4 Å². The molecule has 0 fully saturated rings. The van der Waals surface area contributed by atoms with E-state index in [0.717, 1.165) is 11.1 Å². The first kappa shape index (κ1) is 26.7. The van der Waals surface area contributed by atoms with E-state index >= 15 is 0 Å². The first-order valence-electron chi connectivity index (χ1n) is 11.7. The molecule has 0 saturated carbocycles. The Morgan fingerprint density at radius 3 is 2.34 bits per heavy atom. The molecule has 0 bridgehead atoms. The minimum absolute atomic E-state index is 0.289.